The van der Waals surface area contributed by atoms with Crippen LogP contribution in [0, 0.1) is 0 Å². The molecule has 0 radical (unpaired) electrons. The van der Waals surface area contributed by atoms with Crippen molar-refractivity contribution in [3.05, 3.63) is 30.3 Å². The zero-order valence-electron chi connectivity index (χ0n) is 6.40. The fraction of sp³-hybridized carbons (Fsp3) is 0.250. The summed E-state index contributed by atoms with van der Waals surface area (Å²) in [5.41, 5.74) is 0. The number of aliphatic hydroxyl groups excluding tert-OH is 1. The molecule has 0 fully saturated rings. The Morgan fingerprint density at radius 2 is 1.91 bits per heavy atom. The van der Waals surface area contributed by atoms with E-state index in [1.54, 1.807) is 18.8 Å². The Morgan fingerprint density at radius 3 is 2.36 bits per heavy atom. The van der Waals surface area contributed by atoms with Gasteiger partial charge in [0.25, 0.3) is 0 Å². The Bertz CT molecular complexity index is 269. The second kappa shape index (κ2) is 3.21. The maximum atomic E-state index is 11.5. The second-order valence-electron chi connectivity index (χ2n) is 2.58. The number of hydrogen-bond acceptors (Lipinski definition) is 2. The summed E-state index contributed by atoms with van der Waals surface area (Å²) in [4.78, 5) is 0. The lowest BCUT2D eigenvalue weighted by molar-refractivity contribution is 0.361. The summed E-state index contributed by atoms with van der Waals surface area (Å²) in [6.07, 6.45) is -0.253. The van der Waals surface area contributed by atoms with E-state index < -0.39 is 7.14 Å². The molecule has 0 heterocycles. The van der Waals surface area contributed by atoms with E-state index in [0.717, 1.165) is 5.30 Å². The summed E-state index contributed by atoms with van der Waals surface area (Å²) in [6, 6.07) is 9.05. The zero-order chi connectivity index (χ0) is 8.32. The third-order valence-electron chi connectivity index (χ3n) is 1.57. The Hall–Kier alpha value is -0.590. The molecule has 0 saturated carbocycles. The molecule has 60 valence electrons. The molecule has 1 N–H and O–H groups in total. The van der Waals surface area contributed by atoms with Gasteiger partial charge in [-0.1, -0.05) is 30.3 Å². The van der Waals surface area contributed by atoms with Crippen LogP contribution in [0.25, 0.3) is 0 Å². The molecule has 1 rings (SSSR count). The average molecular weight is 170 g/mol. The van der Waals surface area contributed by atoms with Crippen LogP contribution in [0.1, 0.15) is 0 Å². The third-order valence-corrected chi connectivity index (χ3v) is 3.50. The van der Waals surface area contributed by atoms with E-state index in [2.05, 4.69) is 0 Å². The number of rotatable bonds is 2. The van der Waals surface area contributed by atoms with Crippen LogP contribution < -0.4 is 5.30 Å². The summed E-state index contributed by atoms with van der Waals surface area (Å²) in [5, 5.41) is 9.52. The normalized spacial score (nSPS) is 15.8. The Balaban J connectivity index is 3.03. The van der Waals surface area contributed by atoms with Crippen LogP contribution in [0.4, 0.5) is 0 Å². The third kappa shape index (κ3) is 1.92. The van der Waals surface area contributed by atoms with Gasteiger partial charge in [0, 0.05) is 5.30 Å². The van der Waals surface area contributed by atoms with Gasteiger partial charge in [0.1, 0.15) is 7.14 Å². The minimum atomic E-state index is -2.47. The van der Waals surface area contributed by atoms with Crippen LogP contribution in [0.3, 0.4) is 0 Å². The molecule has 3 heteroatoms. The summed E-state index contributed by atoms with van der Waals surface area (Å²) < 4.78 is 11.5. The molecule has 0 amide bonds. The minimum Gasteiger partial charge on any atom is -0.388 e. The number of aliphatic hydroxyl groups is 1. The van der Waals surface area contributed by atoms with Crippen LogP contribution >= 0.6 is 7.14 Å². The molecule has 2 nitrogen and oxygen atoms in total. The Labute approximate surface area is 66.2 Å². The van der Waals surface area contributed by atoms with Gasteiger partial charge in [0.15, 0.2) is 0 Å². The van der Waals surface area contributed by atoms with Crippen molar-refractivity contribution in [1.82, 2.24) is 0 Å². The van der Waals surface area contributed by atoms with Gasteiger partial charge in [0.05, 0.1) is 6.35 Å². The van der Waals surface area contributed by atoms with Crippen LogP contribution in [0.15, 0.2) is 30.3 Å². The van der Waals surface area contributed by atoms with Gasteiger partial charge in [-0.05, 0) is 6.66 Å². The highest BCUT2D eigenvalue weighted by Crippen LogP contribution is 2.37. The first-order valence-electron chi connectivity index (χ1n) is 3.40. The van der Waals surface area contributed by atoms with Crippen LogP contribution in [0.5, 0.6) is 0 Å². The lowest BCUT2D eigenvalue weighted by Gasteiger charge is -2.08. The summed E-state index contributed by atoms with van der Waals surface area (Å²) in [5.74, 6) is 0. The first-order chi connectivity index (χ1) is 5.17. The van der Waals surface area contributed by atoms with E-state index in [-0.39, 0.29) is 6.35 Å². The molecule has 0 aliphatic heterocycles. The largest absolute Gasteiger partial charge is 0.388 e. The van der Waals surface area contributed by atoms with Crippen molar-refractivity contribution in [2.75, 3.05) is 13.0 Å². The van der Waals surface area contributed by atoms with Crippen molar-refractivity contribution in [2.24, 2.45) is 0 Å². The first-order valence-corrected chi connectivity index (χ1v) is 5.74. The Kier molecular flexibility index (Phi) is 2.48. The average Bonchev–Trinajstić information content (AvgIpc) is 2.06. The van der Waals surface area contributed by atoms with Gasteiger partial charge >= 0.3 is 0 Å². The molecule has 0 bridgehead atoms. The van der Waals surface area contributed by atoms with Gasteiger partial charge in [0.2, 0.25) is 0 Å². The van der Waals surface area contributed by atoms with E-state index >= 15 is 0 Å². The monoisotopic (exact) mass is 170 g/mol. The lowest BCUT2D eigenvalue weighted by atomic mass is 10.4. The highest BCUT2D eigenvalue weighted by atomic mass is 31.2. The molecule has 0 aliphatic carbocycles. The molecule has 0 aliphatic rings. The fourth-order valence-corrected chi connectivity index (χ4v) is 1.79. The van der Waals surface area contributed by atoms with Crippen molar-refractivity contribution in [1.29, 1.82) is 0 Å². The second-order valence-corrected chi connectivity index (χ2v) is 5.58. The van der Waals surface area contributed by atoms with E-state index in [1.165, 1.54) is 0 Å². The standard InChI is InChI=1S/C8H11O2P/c1-11(10,7-9)8-5-3-2-4-6-8/h2-6,9H,7H2,1H3/t11-/m0/s1. The maximum Gasteiger partial charge on any atom is 0.136 e. The first kappa shape index (κ1) is 8.51. The molecule has 1 aromatic rings. The zero-order valence-corrected chi connectivity index (χ0v) is 7.29. The molecule has 0 spiro atoms. The molecule has 0 unspecified atom stereocenters. The minimum absolute atomic E-state index is 0.253. The highest BCUT2D eigenvalue weighted by molar-refractivity contribution is 7.70. The van der Waals surface area contributed by atoms with Gasteiger partial charge in [-0.2, -0.15) is 0 Å². The predicted molar refractivity (Wildman–Crippen MR) is 46.7 cm³/mol. The van der Waals surface area contributed by atoms with Crippen LogP contribution in [0.2, 0.25) is 0 Å². The molecular weight excluding hydrogens is 159 g/mol. The molecule has 1 atom stereocenters. The van der Waals surface area contributed by atoms with E-state index in [0.29, 0.717) is 0 Å². The van der Waals surface area contributed by atoms with E-state index in [1.807, 2.05) is 18.2 Å². The van der Waals surface area contributed by atoms with Crippen molar-refractivity contribution in [3.8, 4) is 0 Å². The molecule has 1 aromatic carbocycles. The summed E-state index contributed by atoms with van der Waals surface area (Å²) in [7, 11) is -2.47. The quantitative estimate of drug-likeness (QED) is 0.678. The molecule has 0 saturated heterocycles. The van der Waals surface area contributed by atoms with Gasteiger partial charge in [-0.3, -0.25) is 0 Å². The van der Waals surface area contributed by atoms with E-state index in [4.69, 9.17) is 5.11 Å². The van der Waals surface area contributed by atoms with Crippen molar-refractivity contribution >= 4 is 12.4 Å². The van der Waals surface area contributed by atoms with Crippen LogP contribution in [-0.2, 0) is 4.57 Å². The van der Waals surface area contributed by atoms with Crippen molar-refractivity contribution < 1.29 is 9.67 Å². The van der Waals surface area contributed by atoms with Gasteiger partial charge < -0.3 is 9.67 Å². The lowest BCUT2D eigenvalue weighted by Crippen LogP contribution is -2.05. The van der Waals surface area contributed by atoms with Crippen molar-refractivity contribution in [2.45, 2.75) is 0 Å². The Morgan fingerprint density at radius 1 is 1.36 bits per heavy atom. The predicted octanol–water partition coefficient (Wildman–Crippen LogP) is 1.25. The van der Waals surface area contributed by atoms with Gasteiger partial charge in [-0.25, -0.2) is 0 Å². The maximum absolute atomic E-state index is 11.5. The molecule has 0 aromatic heterocycles. The van der Waals surface area contributed by atoms with E-state index in [9.17, 15) is 4.57 Å². The number of benzene rings is 1. The fourth-order valence-electron chi connectivity index (χ4n) is 0.825. The van der Waals surface area contributed by atoms with Crippen LogP contribution in [-0.4, -0.2) is 18.1 Å². The molecular formula is C8H11O2P. The number of hydrogen-bond donors (Lipinski definition) is 1. The van der Waals surface area contributed by atoms with Crippen molar-refractivity contribution in [3.63, 3.8) is 0 Å². The van der Waals surface area contributed by atoms with Gasteiger partial charge in [-0.15, -0.1) is 0 Å². The smallest absolute Gasteiger partial charge is 0.136 e. The summed E-state index contributed by atoms with van der Waals surface area (Å²) in [6.45, 7) is 1.59. The summed E-state index contributed by atoms with van der Waals surface area (Å²) >= 11 is 0. The topological polar surface area (TPSA) is 37.3 Å². The SMILES string of the molecule is C[P@](=O)(CO)c1ccccc1. The highest BCUT2D eigenvalue weighted by Gasteiger charge is 2.15. The molecule has 11 heavy (non-hydrogen) atoms.